The van der Waals surface area contributed by atoms with Gasteiger partial charge in [-0.2, -0.15) is 0 Å². The van der Waals surface area contributed by atoms with Crippen LogP contribution in [0, 0.1) is 21.3 Å². The molecule has 4 unspecified atom stereocenters. The second-order valence-electron chi connectivity index (χ2n) is 5.96. The van der Waals surface area contributed by atoms with Gasteiger partial charge in [0.05, 0.1) is 0 Å². The molecular weight excluding hydrogens is 413 g/mol. The van der Waals surface area contributed by atoms with Crippen molar-refractivity contribution >= 4 is 38.5 Å². The molecule has 0 spiro atoms. The summed E-state index contributed by atoms with van der Waals surface area (Å²) in [5.74, 6) is 2.49. The quantitative estimate of drug-likeness (QED) is 0.628. The molecule has 2 rings (SSSR count). The molecule has 4 atom stereocenters. The highest BCUT2D eigenvalue weighted by atomic mass is 127. The van der Waals surface area contributed by atoms with Gasteiger partial charge in [-0.1, -0.05) is 36.2 Å². The lowest BCUT2D eigenvalue weighted by Crippen LogP contribution is -2.32. The number of hydrogen-bond donors (Lipinski definition) is 1. The van der Waals surface area contributed by atoms with Crippen molar-refractivity contribution in [2.75, 3.05) is 7.05 Å². The van der Waals surface area contributed by atoms with Gasteiger partial charge in [-0.3, -0.25) is 0 Å². The van der Waals surface area contributed by atoms with Crippen molar-refractivity contribution in [3.63, 3.8) is 0 Å². The van der Waals surface area contributed by atoms with Crippen LogP contribution in [-0.4, -0.2) is 7.05 Å². The van der Waals surface area contributed by atoms with E-state index in [2.05, 4.69) is 82.9 Å². The van der Waals surface area contributed by atoms with Gasteiger partial charge in [-0.15, -0.1) is 0 Å². The van der Waals surface area contributed by atoms with Crippen LogP contribution in [0.25, 0.3) is 0 Å². The zero-order chi connectivity index (χ0) is 14.0. The first kappa shape index (κ1) is 15.8. The van der Waals surface area contributed by atoms with Gasteiger partial charge in [-0.05, 0) is 84.0 Å². The highest BCUT2D eigenvalue weighted by Gasteiger charge is 2.31. The topological polar surface area (TPSA) is 12.0 Å². The average Bonchev–Trinajstić information content (AvgIpc) is 2.38. The van der Waals surface area contributed by atoms with Crippen molar-refractivity contribution in [1.82, 2.24) is 5.32 Å². The molecule has 1 nitrogen and oxygen atoms in total. The molecule has 0 bridgehead atoms. The first-order valence-corrected chi connectivity index (χ1v) is 9.02. The van der Waals surface area contributed by atoms with Crippen LogP contribution in [0.15, 0.2) is 22.7 Å². The van der Waals surface area contributed by atoms with E-state index in [1.165, 1.54) is 32.9 Å². The van der Waals surface area contributed by atoms with Gasteiger partial charge in [0, 0.05) is 14.1 Å². The smallest absolute Gasteiger partial charge is 0.0357 e. The van der Waals surface area contributed by atoms with Gasteiger partial charge >= 0.3 is 0 Å². The highest BCUT2D eigenvalue weighted by Crippen LogP contribution is 2.41. The minimum Gasteiger partial charge on any atom is -0.313 e. The van der Waals surface area contributed by atoms with Crippen molar-refractivity contribution in [2.45, 2.75) is 39.2 Å². The minimum atomic E-state index is 0.486. The molecule has 0 radical (unpaired) electrons. The van der Waals surface area contributed by atoms with Crippen molar-refractivity contribution in [3.05, 3.63) is 31.8 Å². The fourth-order valence-corrected chi connectivity index (χ4v) is 4.34. The van der Waals surface area contributed by atoms with Crippen molar-refractivity contribution in [1.29, 1.82) is 0 Å². The van der Waals surface area contributed by atoms with Crippen molar-refractivity contribution in [3.8, 4) is 0 Å². The first-order chi connectivity index (χ1) is 9.02. The predicted molar refractivity (Wildman–Crippen MR) is 94.3 cm³/mol. The Morgan fingerprint density at radius 2 is 2.00 bits per heavy atom. The SMILES string of the molecule is CNC(c1cc(Br)ccc1I)C1CCC(C)C(C)C1. The van der Waals surface area contributed by atoms with E-state index >= 15 is 0 Å². The molecular formula is C16H23BrIN. The van der Waals surface area contributed by atoms with E-state index in [0.29, 0.717) is 6.04 Å². The van der Waals surface area contributed by atoms with E-state index in [1.54, 1.807) is 0 Å². The second-order valence-corrected chi connectivity index (χ2v) is 8.04. The normalized spacial score (nSPS) is 29.2. The van der Waals surface area contributed by atoms with Crippen LogP contribution in [0.3, 0.4) is 0 Å². The summed E-state index contributed by atoms with van der Waals surface area (Å²) in [6.07, 6.45) is 4.06. The summed E-state index contributed by atoms with van der Waals surface area (Å²) in [6, 6.07) is 7.10. The third kappa shape index (κ3) is 3.73. The van der Waals surface area contributed by atoms with E-state index in [-0.39, 0.29) is 0 Å². The van der Waals surface area contributed by atoms with E-state index < -0.39 is 0 Å². The molecule has 1 N–H and O–H groups in total. The van der Waals surface area contributed by atoms with Crippen LogP contribution >= 0.6 is 38.5 Å². The lowest BCUT2D eigenvalue weighted by Gasteiger charge is -2.37. The molecule has 1 aliphatic carbocycles. The average molecular weight is 436 g/mol. The molecule has 0 amide bonds. The van der Waals surface area contributed by atoms with Crippen LogP contribution in [-0.2, 0) is 0 Å². The molecule has 3 heteroatoms. The summed E-state index contributed by atoms with van der Waals surface area (Å²) >= 11 is 6.07. The summed E-state index contributed by atoms with van der Waals surface area (Å²) in [6.45, 7) is 4.81. The fraction of sp³-hybridized carbons (Fsp3) is 0.625. The molecule has 0 aliphatic heterocycles. The van der Waals surface area contributed by atoms with Crippen LogP contribution in [0.1, 0.15) is 44.7 Å². The second kappa shape index (κ2) is 6.90. The molecule has 1 saturated carbocycles. The maximum absolute atomic E-state index is 3.61. The standard InChI is InChI=1S/C16H23BrIN/c1-10-4-5-12(8-11(10)2)16(19-3)14-9-13(17)6-7-15(14)18/h6-7,9-12,16,19H,4-5,8H2,1-3H3. The van der Waals surface area contributed by atoms with Gasteiger partial charge < -0.3 is 5.32 Å². The zero-order valence-corrected chi connectivity index (χ0v) is 15.7. The Kier molecular flexibility index (Phi) is 5.73. The molecule has 19 heavy (non-hydrogen) atoms. The Balaban J connectivity index is 2.22. The van der Waals surface area contributed by atoms with Crippen LogP contribution in [0.5, 0.6) is 0 Å². The summed E-state index contributed by atoms with van der Waals surface area (Å²) in [7, 11) is 2.10. The largest absolute Gasteiger partial charge is 0.313 e. The van der Waals surface area contributed by atoms with Gasteiger partial charge in [-0.25, -0.2) is 0 Å². The molecule has 0 saturated heterocycles. The summed E-state index contributed by atoms with van der Waals surface area (Å²) in [4.78, 5) is 0. The monoisotopic (exact) mass is 435 g/mol. The Hall–Kier alpha value is 0.390. The zero-order valence-electron chi connectivity index (χ0n) is 11.9. The number of nitrogens with one attached hydrogen (secondary N) is 1. The molecule has 1 aliphatic rings. The van der Waals surface area contributed by atoms with E-state index in [9.17, 15) is 0 Å². The number of hydrogen-bond acceptors (Lipinski definition) is 1. The van der Waals surface area contributed by atoms with E-state index in [1.807, 2.05) is 0 Å². The molecule has 1 aromatic carbocycles. The summed E-state index contributed by atoms with van der Waals surface area (Å²) in [5.41, 5.74) is 1.45. The van der Waals surface area contributed by atoms with E-state index in [4.69, 9.17) is 0 Å². The van der Waals surface area contributed by atoms with Gasteiger partial charge in [0.1, 0.15) is 0 Å². The Morgan fingerprint density at radius 3 is 2.63 bits per heavy atom. The number of rotatable bonds is 3. The third-order valence-corrected chi connectivity index (χ3v) is 6.19. The lowest BCUT2D eigenvalue weighted by atomic mass is 9.72. The number of halogens is 2. The molecule has 0 aromatic heterocycles. The Labute approximate surface area is 139 Å². The summed E-state index contributed by atoms with van der Waals surface area (Å²) in [5, 5.41) is 3.57. The first-order valence-electron chi connectivity index (χ1n) is 7.15. The third-order valence-electron chi connectivity index (χ3n) is 4.71. The maximum Gasteiger partial charge on any atom is 0.0357 e. The van der Waals surface area contributed by atoms with Gasteiger partial charge in [0.2, 0.25) is 0 Å². The number of benzene rings is 1. The van der Waals surface area contributed by atoms with Crippen LogP contribution < -0.4 is 5.32 Å². The Bertz CT molecular complexity index is 435. The maximum atomic E-state index is 3.61. The molecule has 0 heterocycles. The van der Waals surface area contributed by atoms with Crippen LogP contribution in [0.4, 0.5) is 0 Å². The van der Waals surface area contributed by atoms with Crippen molar-refractivity contribution < 1.29 is 0 Å². The van der Waals surface area contributed by atoms with Gasteiger partial charge in [0.25, 0.3) is 0 Å². The van der Waals surface area contributed by atoms with Gasteiger partial charge in [0.15, 0.2) is 0 Å². The molecule has 1 aromatic rings. The minimum absolute atomic E-state index is 0.486. The summed E-state index contributed by atoms with van der Waals surface area (Å²) < 4.78 is 2.55. The lowest BCUT2D eigenvalue weighted by molar-refractivity contribution is 0.174. The highest BCUT2D eigenvalue weighted by molar-refractivity contribution is 14.1. The van der Waals surface area contributed by atoms with Crippen LogP contribution in [0.2, 0.25) is 0 Å². The van der Waals surface area contributed by atoms with Crippen molar-refractivity contribution in [2.24, 2.45) is 17.8 Å². The fourth-order valence-electron chi connectivity index (χ4n) is 3.29. The molecule has 1 fully saturated rings. The predicted octanol–water partition coefficient (Wildman–Crippen LogP) is 5.39. The molecule has 106 valence electrons. The van der Waals surface area contributed by atoms with E-state index in [0.717, 1.165) is 17.8 Å². The Morgan fingerprint density at radius 1 is 1.26 bits per heavy atom.